The van der Waals surface area contributed by atoms with Crippen LogP contribution in [0.2, 0.25) is 0 Å². The molecule has 1 saturated carbocycles. The predicted octanol–water partition coefficient (Wildman–Crippen LogP) is 2.97. The Morgan fingerprint density at radius 1 is 1.13 bits per heavy atom. The fourth-order valence-corrected chi connectivity index (χ4v) is 3.85. The maximum Gasteiger partial charge on any atom is 0.289 e. The molecule has 2 heterocycles. The lowest BCUT2D eigenvalue weighted by Gasteiger charge is -2.39. The van der Waals surface area contributed by atoms with Crippen molar-refractivity contribution < 1.29 is 14.0 Å². The van der Waals surface area contributed by atoms with E-state index in [1.165, 1.54) is 6.26 Å². The van der Waals surface area contributed by atoms with Crippen molar-refractivity contribution in [1.29, 1.82) is 0 Å². The van der Waals surface area contributed by atoms with Crippen molar-refractivity contribution in [3.8, 4) is 0 Å². The Kier molecular flexibility index (Phi) is 5.36. The molecule has 0 radical (unpaired) electrons. The van der Waals surface area contributed by atoms with E-state index in [1.54, 1.807) is 12.1 Å². The van der Waals surface area contributed by atoms with Gasteiger partial charge in [-0.15, -0.1) is 0 Å². The molecule has 2 amide bonds. The first-order chi connectivity index (χ1) is 11.3. The zero-order valence-electron chi connectivity index (χ0n) is 13.6. The highest BCUT2D eigenvalue weighted by Gasteiger charge is 2.37. The van der Waals surface area contributed by atoms with Crippen molar-refractivity contribution in [1.82, 2.24) is 10.2 Å². The van der Waals surface area contributed by atoms with Crippen molar-refractivity contribution in [2.75, 3.05) is 13.1 Å². The van der Waals surface area contributed by atoms with E-state index in [0.29, 0.717) is 12.3 Å². The normalized spacial score (nSPS) is 26.8. The van der Waals surface area contributed by atoms with Crippen LogP contribution in [0.3, 0.4) is 0 Å². The minimum absolute atomic E-state index is 0.000509. The summed E-state index contributed by atoms with van der Waals surface area (Å²) in [6.07, 6.45) is 9.66. The van der Waals surface area contributed by atoms with Crippen LogP contribution in [0.15, 0.2) is 22.8 Å². The average molecular weight is 318 g/mol. The van der Waals surface area contributed by atoms with E-state index in [0.717, 1.165) is 57.9 Å². The Bertz CT molecular complexity index is 526. The molecule has 23 heavy (non-hydrogen) atoms. The zero-order valence-corrected chi connectivity index (χ0v) is 13.6. The number of fused-ring (bicyclic) bond motifs is 1. The van der Waals surface area contributed by atoms with Crippen LogP contribution in [0, 0.1) is 5.92 Å². The van der Waals surface area contributed by atoms with Gasteiger partial charge in [0.2, 0.25) is 5.91 Å². The van der Waals surface area contributed by atoms with Gasteiger partial charge in [-0.1, -0.05) is 25.7 Å². The second kappa shape index (κ2) is 7.66. The maximum absolute atomic E-state index is 12.9. The fourth-order valence-electron chi connectivity index (χ4n) is 3.85. The van der Waals surface area contributed by atoms with Gasteiger partial charge < -0.3 is 14.6 Å². The van der Waals surface area contributed by atoms with Crippen molar-refractivity contribution in [2.45, 2.75) is 57.4 Å². The van der Waals surface area contributed by atoms with Crippen LogP contribution in [0.5, 0.6) is 0 Å². The summed E-state index contributed by atoms with van der Waals surface area (Å²) in [7, 11) is 0. The molecule has 1 saturated heterocycles. The molecule has 2 aliphatic rings. The number of rotatable bonds is 1. The molecule has 5 heteroatoms. The number of nitrogens with one attached hydrogen (secondary N) is 1. The lowest BCUT2D eigenvalue weighted by Crippen LogP contribution is -2.51. The summed E-state index contributed by atoms with van der Waals surface area (Å²) in [6, 6.07) is 3.45. The van der Waals surface area contributed by atoms with Crippen molar-refractivity contribution >= 4 is 11.8 Å². The summed E-state index contributed by atoms with van der Waals surface area (Å²) >= 11 is 0. The molecule has 1 aromatic heterocycles. The molecule has 0 spiro atoms. The van der Waals surface area contributed by atoms with Gasteiger partial charge in [-0.25, -0.2) is 0 Å². The molecule has 2 fully saturated rings. The summed E-state index contributed by atoms with van der Waals surface area (Å²) in [6.45, 7) is 1.47. The lowest BCUT2D eigenvalue weighted by atomic mass is 9.82. The Labute approximate surface area is 137 Å². The van der Waals surface area contributed by atoms with E-state index in [-0.39, 0.29) is 23.8 Å². The standard InChI is InChI=1S/C18H26N2O3/c21-17-14-8-3-4-9-15(14)20(12-6-2-1-5-11-19-17)18(22)16-10-7-13-23-16/h7,10,13-15H,1-6,8-9,11-12H2,(H,19,21). The molecule has 1 aliphatic carbocycles. The number of carbonyl (C=O) groups is 2. The molecule has 0 bridgehead atoms. The van der Waals surface area contributed by atoms with E-state index in [4.69, 9.17) is 4.42 Å². The molecule has 126 valence electrons. The lowest BCUT2D eigenvalue weighted by molar-refractivity contribution is -0.128. The Morgan fingerprint density at radius 3 is 2.78 bits per heavy atom. The van der Waals surface area contributed by atoms with Crippen LogP contribution >= 0.6 is 0 Å². The van der Waals surface area contributed by atoms with E-state index in [9.17, 15) is 9.59 Å². The second-order valence-corrected chi connectivity index (χ2v) is 6.64. The average Bonchev–Trinajstić information content (AvgIpc) is 3.10. The molecule has 1 N–H and O–H groups in total. The van der Waals surface area contributed by atoms with Gasteiger partial charge in [-0.05, 0) is 37.8 Å². The van der Waals surface area contributed by atoms with Crippen LogP contribution < -0.4 is 5.32 Å². The SMILES string of the molecule is O=C1NCCCCCCN(C(=O)c2ccco2)C2CCCCC12. The van der Waals surface area contributed by atoms with E-state index in [1.807, 2.05) is 4.90 Å². The van der Waals surface area contributed by atoms with Crippen molar-refractivity contribution in [3.63, 3.8) is 0 Å². The zero-order chi connectivity index (χ0) is 16.1. The first kappa shape index (κ1) is 16.1. The highest BCUT2D eigenvalue weighted by Crippen LogP contribution is 2.30. The number of hydrogen-bond donors (Lipinski definition) is 1. The minimum Gasteiger partial charge on any atom is -0.459 e. The van der Waals surface area contributed by atoms with Crippen LogP contribution in [0.4, 0.5) is 0 Å². The van der Waals surface area contributed by atoms with Crippen LogP contribution in [0.1, 0.15) is 61.9 Å². The summed E-state index contributed by atoms with van der Waals surface area (Å²) in [4.78, 5) is 27.3. The fraction of sp³-hybridized carbons (Fsp3) is 0.667. The number of carbonyl (C=O) groups excluding carboxylic acids is 2. The van der Waals surface area contributed by atoms with Gasteiger partial charge in [0.1, 0.15) is 0 Å². The number of hydrogen-bond acceptors (Lipinski definition) is 3. The largest absolute Gasteiger partial charge is 0.459 e. The molecule has 2 unspecified atom stereocenters. The number of amides is 2. The van der Waals surface area contributed by atoms with Gasteiger partial charge in [-0.3, -0.25) is 9.59 Å². The van der Waals surface area contributed by atoms with Crippen LogP contribution in [-0.4, -0.2) is 35.8 Å². The number of furan rings is 1. The smallest absolute Gasteiger partial charge is 0.289 e. The first-order valence-electron chi connectivity index (χ1n) is 8.89. The summed E-state index contributed by atoms with van der Waals surface area (Å²) in [5, 5.41) is 3.07. The third kappa shape index (κ3) is 3.77. The minimum atomic E-state index is -0.0826. The van der Waals surface area contributed by atoms with Crippen molar-refractivity contribution in [3.05, 3.63) is 24.2 Å². The topological polar surface area (TPSA) is 62.6 Å². The summed E-state index contributed by atoms with van der Waals surface area (Å²) in [5.41, 5.74) is 0. The highest BCUT2D eigenvalue weighted by atomic mass is 16.3. The molecule has 1 aromatic rings. The molecule has 2 atom stereocenters. The van der Waals surface area contributed by atoms with Gasteiger partial charge in [0.05, 0.1) is 12.2 Å². The third-order valence-corrected chi connectivity index (χ3v) is 5.08. The van der Waals surface area contributed by atoms with Gasteiger partial charge in [-0.2, -0.15) is 0 Å². The molecule has 0 aromatic carbocycles. The second-order valence-electron chi connectivity index (χ2n) is 6.64. The first-order valence-corrected chi connectivity index (χ1v) is 8.89. The molecular formula is C18H26N2O3. The molecular weight excluding hydrogens is 292 g/mol. The summed E-state index contributed by atoms with van der Waals surface area (Å²) in [5.74, 6) is 0.346. The van der Waals surface area contributed by atoms with Gasteiger partial charge in [0, 0.05) is 19.1 Å². The van der Waals surface area contributed by atoms with E-state index >= 15 is 0 Å². The Hall–Kier alpha value is -1.78. The van der Waals surface area contributed by atoms with Gasteiger partial charge >= 0.3 is 0 Å². The van der Waals surface area contributed by atoms with Crippen LogP contribution in [0.25, 0.3) is 0 Å². The van der Waals surface area contributed by atoms with Gasteiger partial charge in [0.15, 0.2) is 5.76 Å². The van der Waals surface area contributed by atoms with E-state index < -0.39 is 0 Å². The Balaban J connectivity index is 1.85. The Morgan fingerprint density at radius 2 is 1.96 bits per heavy atom. The molecule has 3 rings (SSSR count). The quantitative estimate of drug-likeness (QED) is 0.866. The van der Waals surface area contributed by atoms with Crippen LogP contribution in [-0.2, 0) is 4.79 Å². The number of nitrogens with zero attached hydrogens (tertiary/aromatic N) is 1. The van der Waals surface area contributed by atoms with Gasteiger partial charge in [0.25, 0.3) is 5.91 Å². The third-order valence-electron chi connectivity index (χ3n) is 5.08. The molecule has 1 aliphatic heterocycles. The predicted molar refractivity (Wildman–Crippen MR) is 87.0 cm³/mol. The van der Waals surface area contributed by atoms with Crippen molar-refractivity contribution in [2.24, 2.45) is 5.92 Å². The maximum atomic E-state index is 12.9. The monoisotopic (exact) mass is 318 g/mol. The molecule has 5 nitrogen and oxygen atoms in total. The van der Waals surface area contributed by atoms with E-state index in [2.05, 4.69) is 5.32 Å². The summed E-state index contributed by atoms with van der Waals surface area (Å²) < 4.78 is 5.32. The highest BCUT2D eigenvalue weighted by molar-refractivity contribution is 5.92.